The molecule has 1 aromatic rings. The molecule has 1 aliphatic heterocycles. The van der Waals surface area contributed by atoms with E-state index in [4.69, 9.17) is 16.7 Å². The van der Waals surface area contributed by atoms with E-state index < -0.39 is 6.09 Å². The topological polar surface area (TPSA) is 66.3 Å². The highest BCUT2D eigenvalue weighted by Gasteiger charge is 2.30. The average Bonchev–Trinajstić information content (AvgIpc) is 3.11. The van der Waals surface area contributed by atoms with Crippen LogP contribution in [0.15, 0.2) is 0 Å². The lowest BCUT2D eigenvalue weighted by atomic mass is 10.1. The number of hydrogen-bond acceptors (Lipinski definition) is 3. The van der Waals surface area contributed by atoms with Crippen molar-refractivity contribution in [2.75, 3.05) is 6.54 Å². The summed E-state index contributed by atoms with van der Waals surface area (Å²) < 4.78 is 0. The monoisotopic (exact) mass is 253 g/mol. The molecule has 17 heavy (non-hydrogen) atoms. The van der Waals surface area contributed by atoms with E-state index in [1.165, 1.54) is 4.90 Å². The molecule has 90 valence electrons. The first-order chi connectivity index (χ1) is 8.15. The molecule has 0 radical (unpaired) electrons. The second kappa shape index (κ2) is 3.84. The number of aromatic nitrogens is 2. The van der Waals surface area contributed by atoms with Gasteiger partial charge in [-0.3, -0.25) is 0 Å². The fourth-order valence-electron chi connectivity index (χ4n) is 2.09. The Labute approximate surface area is 103 Å². The van der Waals surface area contributed by atoms with E-state index in [0.717, 1.165) is 29.9 Å². The summed E-state index contributed by atoms with van der Waals surface area (Å²) in [5.41, 5.74) is 1.69. The third kappa shape index (κ3) is 1.95. The third-order valence-electron chi connectivity index (χ3n) is 3.24. The zero-order valence-corrected chi connectivity index (χ0v) is 9.94. The van der Waals surface area contributed by atoms with Crippen LogP contribution in [0.4, 0.5) is 4.79 Å². The van der Waals surface area contributed by atoms with Gasteiger partial charge in [-0.25, -0.2) is 14.8 Å². The average molecular weight is 254 g/mol. The summed E-state index contributed by atoms with van der Waals surface area (Å²) >= 11 is 6.13. The maximum Gasteiger partial charge on any atom is 0.407 e. The van der Waals surface area contributed by atoms with Gasteiger partial charge in [0.05, 0.1) is 12.2 Å². The zero-order chi connectivity index (χ0) is 12.0. The first-order valence-electron chi connectivity index (χ1n) is 5.68. The predicted octanol–water partition coefficient (Wildman–Crippen LogP) is 2.04. The molecule has 1 N–H and O–H groups in total. The van der Waals surface area contributed by atoms with Gasteiger partial charge in [0.2, 0.25) is 0 Å². The fourth-order valence-corrected chi connectivity index (χ4v) is 2.38. The standard InChI is InChI=1S/C11H12ClN3O2/c12-9-7-3-4-15(11(16)17)5-8(7)13-10(14-9)6-1-2-6/h6H,1-5H2,(H,16,17). The summed E-state index contributed by atoms with van der Waals surface area (Å²) in [5, 5.41) is 9.48. The number of nitrogens with zero attached hydrogens (tertiary/aromatic N) is 3. The summed E-state index contributed by atoms with van der Waals surface area (Å²) in [6, 6.07) is 0. The smallest absolute Gasteiger partial charge is 0.407 e. The summed E-state index contributed by atoms with van der Waals surface area (Å²) in [7, 11) is 0. The second-order valence-corrected chi connectivity index (χ2v) is 4.88. The van der Waals surface area contributed by atoms with Gasteiger partial charge in [-0.05, 0) is 19.3 Å². The Balaban J connectivity index is 1.96. The molecule has 0 bridgehead atoms. The van der Waals surface area contributed by atoms with Gasteiger partial charge in [-0.15, -0.1) is 0 Å². The lowest BCUT2D eigenvalue weighted by Crippen LogP contribution is -2.35. The number of halogens is 1. The van der Waals surface area contributed by atoms with Gasteiger partial charge in [-0.1, -0.05) is 11.6 Å². The summed E-state index contributed by atoms with van der Waals surface area (Å²) in [5.74, 6) is 1.21. The minimum absolute atomic E-state index is 0.326. The Morgan fingerprint density at radius 3 is 2.82 bits per heavy atom. The SMILES string of the molecule is O=C(O)N1CCc2c(Cl)nc(C3CC3)nc2C1. The van der Waals surface area contributed by atoms with Crippen LogP contribution < -0.4 is 0 Å². The van der Waals surface area contributed by atoms with Gasteiger partial charge in [0.15, 0.2) is 0 Å². The fraction of sp³-hybridized carbons (Fsp3) is 0.545. The molecule has 1 amide bonds. The molecule has 1 fully saturated rings. The van der Waals surface area contributed by atoms with E-state index in [2.05, 4.69) is 9.97 Å². The van der Waals surface area contributed by atoms with Crippen LogP contribution in [0.2, 0.25) is 5.15 Å². The van der Waals surface area contributed by atoms with E-state index in [1.807, 2.05) is 0 Å². The van der Waals surface area contributed by atoms with Crippen molar-refractivity contribution in [3.05, 3.63) is 22.2 Å². The zero-order valence-electron chi connectivity index (χ0n) is 9.19. The van der Waals surface area contributed by atoms with Gasteiger partial charge in [0.25, 0.3) is 0 Å². The van der Waals surface area contributed by atoms with Crippen LogP contribution in [-0.2, 0) is 13.0 Å². The van der Waals surface area contributed by atoms with E-state index in [-0.39, 0.29) is 0 Å². The number of rotatable bonds is 1. The van der Waals surface area contributed by atoms with Crippen LogP contribution in [0.3, 0.4) is 0 Å². The maximum absolute atomic E-state index is 10.9. The molecule has 5 nitrogen and oxygen atoms in total. The van der Waals surface area contributed by atoms with Crippen molar-refractivity contribution >= 4 is 17.7 Å². The lowest BCUT2D eigenvalue weighted by molar-refractivity contribution is 0.139. The highest BCUT2D eigenvalue weighted by Crippen LogP contribution is 2.39. The molecule has 0 saturated heterocycles. The molecule has 2 aliphatic rings. The van der Waals surface area contributed by atoms with Crippen molar-refractivity contribution in [2.24, 2.45) is 0 Å². The molecule has 1 saturated carbocycles. The summed E-state index contributed by atoms with van der Waals surface area (Å²) in [6.45, 7) is 0.792. The first-order valence-corrected chi connectivity index (χ1v) is 6.06. The number of carboxylic acid groups (broad SMARTS) is 1. The van der Waals surface area contributed by atoms with Crippen molar-refractivity contribution in [3.8, 4) is 0 Å². The Morgan fingerprint density at radius 2 is 2.18 bits per heavy atom. The van der Waals surface area contributed by atoms with Crippen LogP contribution in [0.5, 0.6) is 0 Å². The first kappa shape index (κ1) is 10.8. The second-order valence-electron chi connectivity index (χ2n) is 4.53. The van der Waals surface area contributed by atoms with Crippen LogP contribution in [-0.4, -0.2) is 32.6 Å². The predicted molar refractivity (Wildman–Crippen MR) is 61.2 cm³/mol. The minimum Gasteiger partial charge on any atom is -0.465 e. The molecule has 0 aromatic carbocycles. The molecular formula is C11H12ClN3O2. The van der Waals surface area contributed by atoms with E-state index in [0.29, 0.717) is 30.6 Å². The normalized spacial score (nSPS) is 19.0. The van der Waals surface area contributed by atoms with Crippen molar-refractivity contribution in [2.45, 2.75) is 31.7 Å². The number of hydrogen-bond donors (Lipinski definition) is 1. The molecular weight excluding hydrogens is 242 g/mol. The highest BCUT2D eigenvalue weighted by atomic mass is 35.5. The number of carbonyl (C=O) groups is 1. The molecule has 1 aromatic heterocycles. The van der Waals surface area contributed by atoms with Gasteiger partial charge in [0, 0.05) is 18.0 Å². The van der Waals surface area contributed by atoms with Crippen LogP contribution in [0.25, 0.3) is 0 Å². The highest BCUT2D eigenvalue weighted by molar-refractivity contribution is 6.30. The minimum atomic E-state index is -0.904. The molecule has 0 atom stereocenters. The Bertz CT molecular complexity index is 488. The van der Waals surface area contributed by atoms with Crippen molar-refractivity contribution in [1.82, 2.24) is 14.9 Å². The van der Waals surface area contributed by atoms with Gasteiger partial charge in [0.1, 0.15) is 11.0 Å². The maximum atomic E-state index is 10.9. The van der Waals surface area contributed by atoms with Crippen LogP contribution in [0, 0.1) is 0 Å². The van der Waals surface area contributed by atoms with Crippen LogP contribution in [0.1, 0.15) is 35.8 Å². The van der Waals surface area contributed by atoms with Gasteiger partial charge >= 0.3 is 6.09 Å². The van der Waals surface area contributed by atoms with Crippen LogP contribution >= 0.6 is 11.6 Å². The van der Waals surface area contributed by atoms with E-state index >= 15 is 0 Å². The van der Waals surface area contributed by atoms with Crippen molar-refractivity contribution in [3.63, 3.8) is 0 Å². The molecule has 3 rings (SSSR count). The number of amides is 1. The lowest BCUT2D eigenvalue weighted by Gasteiger charge is -2.26. The van der Waals surface area contributed by atoms with Gasteiger partial charge < -0.3 is 10.0 Å². The Morgan fingerprint density at radius 1 is 1.41 bits per heavy atom. The summed E-state index contributed by atoms with van der Waals surface area (Å²) in [6.07, 6.45) is 1.92. The van der Waals surface area contributed by atoms with Crippen molar-refractivity contribution < 1.29 is 9.90 Å². The summed E-state index contributed by atoms with van der Waals surface area (Å²) in [4.78, 5) is 21.1. The van der Waals surface area contributed by atoms with Gasteiger partial charge in [-0.2, -0.15) is 0 Å². The molecule has 2 heterocycles. The Hall–Kier alpha value is -1.36. The number of fused-ring (bicyclic) bond motifs is 1. The molecule has 1 aliphatic carbocycles. The van der Waals surface area contributed by atoms with E-state index in [9.17, 15) is 4.79 Å². The quantitative estimate of drug-likeness (QED) is 0.778. The Kier molecular flexibility index (Phi) is 2.43. The largest absolute Gasteiger partial charge is 0.465 e. The van der Waals surface area contributed by atoms with E-state index in [1.54, 1.807) is 0 Å². The third-order valence-corrected chi connectivity index (χ3v) is 3.56. The van der Waals surface area contributed by atoms with Crippen molar-refractivity contribution in [1.29, 1.82) is 0 Å². The molecule has 0 unspecified atom stereocenters. The molecule has 6 heteroatoms. The molecule has 0 spiro atoms.